The molecule has 2 aromatic rings. The zero-order valence-corrected chi connectivity index (χ0v) is 13.8. The van der Waals surface area contributed by atoms with Gasteiger partial charge in [0.25, 0.3) is 5.91 Å². The molecule has 1 saturated carbocycles. The second-order valence-corrected chi connectivity index (χ2v) is 6.49. The van der Waals surface area contributed by atoms with Crippen LogP contribution in [0.1, 0.15) is 39.0 Å². The minimum atomic E-state index is -0.482. The summed E-state index contributed by atoms with van der Waals surface area (Å²) in [7, 11) is 0. The van der Waals surface area contributed by atoms with Gasteiger partial charge in [-0.3, -0.25) is 4.79 Å². The summed E-state index contributed by atoms with van der Waals surface area (Å²) in [6, 6.07) is 14.0. The normalized spacial score (nSPS) is 16.9. The fourth-order valence-corrected chi connectivity index (χ4v) is 3.32. The van der Waals surface area contributed by atoms with Gasteiger partial charge in [-0.2, -0.15) is 0 Å². The highest BCUT2D eigenvalue weighted by Crippen LogP contribution is 2.26. The molecule has 3 heteroatoms. The highest BCUT2D eigenvalue weighted by atomic mass is 16.5. The minimum absolute atomic E-state index is 0.0245. The minimum Gasteiger partial charge on any atom is -0.480 e. The molecule has 1 fully saturated rings. The summed E-state index contributed by atoms with van der Waals surface area (Å²) in [5, 5.41) is 5.22. The maximum absolute atomic E-state index is 12.3. The van der Waals surface area contributed by atoms with Gasteiger partial charge in [0.05, 0.1) is 0 Å². The van der Waals surface area contributed by atoms with Crippen LogP contribution in [0.5, 0.6) is 5.75 Å². The summed E-state index contributed by atoms with van der Waals surface area (Å²) in [6.45, 7) is 2.60. The average Bonchev–Trinajstić information content (AvgIpc) is 2.61. The number of benzene rings is 2. The molecular weight excluding hydrogens is 286 g/mol. The molecule has 0 heterocycles. The molecular formula is C20H25NO2. The van der Waals surface area contributed by atoms with Gasteiger partial charge in [-0.05, 0) is 37.1 Å². The van der Waals surface area contributed by atoms with E-state index in [4.69, 9.17) is 4.74 Å². The summed E-state index contributed by atoms with van der Waals surface area (Å²) in [5.74, 6) is 1.38. The summed E-state index contributed by atoms with van der Waals surface area (Å²) < 4.78 is 5.92. The van der Waals surface area contributed by atoms with Crippen LogP contribution in [0.2, 0.25) is 0 Å². The SMILES string of the molecule is C[C@H](Oc1cccc2ccccc12)C(=O)NCC1CCCCC1. The van der Waals surface area contributed by atoms with E-state index < -0.39 is 6.10 Å². The number of hydrogen-bond donors (Lipinski definition) is 1. The Labute approximate surface area is 138 Å². The molecule has 0 bridgehead atoms. The molecule has 0 saturated heterocycles. The molecule has 1 N–H and O–H groups in total. The first kappa shape index (κ1) is 15.9. The highest BCUT2D eigenvalue weighted by Gasteiger charge is 2.18. The fourth-order valence-electron chi connectivity index (χ4n) is 3.32. The van der Waals surface area contributed by atoms with Crippen LogP contribution in [0.15, 0.2) is 42.5 Å². The lowest BCUT2D eigenvalue weighted by molar-refractivity contribution is -0.127. The summed E-state index contributed by atoms with van der Waals surface area (Å²) >= 11 is 0. The molecule has 0 radical (unpaired) electrons. The highest BCUT2D eigenvalue weighted by molar-refractivity contribution is 5.89. The molecule has 1 aliphatic carbocycles. The first-order chi connectivity index (χ1) is 11.2. The Balaban J connectivity index is 1.59. The van der Waals surface area contributed by atoms with Gasteiger partial charge in [0.15, 0.2) is 6.10 Å². The summed E-state index contributed by atoms with van der Waals surface area (Å²) in [6.07, 6.45) is 5.91. The number of fused-ring (bicyclic) bond motifs is 1. The third kappa shape index (κ3) is 4.04. The van der Waals surface area contributed by atoms with Crippen molar-refractivity contribution in [2.45, 2.75) is 45.1 Å². The van der Waals surface area contributed by atoms with Gasteiger partial charge in [0.2, 0.25) is 0 Å². The Bertz CT molecular complexity index is 656. The second-order valence-electron chi connectivity index (χ2n) is 6.49. The Kier molecular flexibility index (Phi) is 5.16. The van der Waals surface area contributed by atoms with Crippen LogP contribution in [0.25, 0.3) is 10.8 Å². The molecule has 1 amide bonds. The number of carbonyl (C=O) groups excluding carboxylic acids is 1. The molecule has 0 unspecified atom stereocenters. The van der Waals surface area contributed by atoms with Gasteiger partial charge in [-0.15, -0.1) is 0 Å². The quantitative estimate of drug-likeness (QED) is 0.894. The number of carbonyl (C=O) groups is 1. The molecule has 2 aromatic carbocycles. The predicted molar refractivity (Wildman–Crippen MR) is 93.6 cm³/mol. The zero-order valence-electron chi connectivity index (χ0n) is 13.8. The monoisotopic (exact) mass is 311 g/mol. The van der Waals surface area contributed by atoms with Gasteiger partial charge in [0.1, 0.15) is 5.75 Å². The van der Waals surface area contributed by atoms with Crippen molar-refractivity contribution in [3.05, 3.63) is 42.5 Å². The van der Waals surface area contributed by atoms with Crippen molar-refractivity contribution >= 4 is 16.7 Å². The summed E-state index contributed by atoms with van der Waals surface area (Å²) in [5.41, 5.74) is 0. The first-order valence-corrected chi connectivity index (χ1v) is 8.66. The largest absolute Gasteiger partial charge is 0.480 e. The van der Waals surface area contributed by atoms with E-state index in [1.54, 1.807) is 0 Å². The molecule has 122 valence electrons. The van der Waals surface area contributed by atoms with E-state index in [9.17, 15) is 4.79 Å². The van der Waals surface area contributed by atoms with E-state index >= 15 is 0 Å². The maximum atomic E-state index is 12.3. The second kappa shape index (κ2) is 7.49. The molecule has 1 aliphatic rings. The third-order valence-electron chi connectivity index (χ3n) is 4.71. The third-order valence-corrected chi connectivity index (χ3v) is 4.71. The molecule has 0 aliphatic heterocycles. The van der Waals surface area contributed by atoms with E-state index in [1.165, 1.54) is 32.1 Å². The average molecular weight is 311 g/mol. The summed E-state index contributed by atoms with van der Waals surface area (Å²) in [4.78, 5) is 12.3. The number of ether oxygens (including phenoxy) is 1. The Hall–Kier alpha value is -2.03. The van der Waals surface area contributed by atoms with Crippen molar-refractivity contribution < 1.29 is 9.53 Å². The van der Waals surface area contributed by atoms with Crippen molar-refractivity contribution in [1.29, 1.82) is 0 Å². The zero-order chi connectivity index (χ0) is 16.1. The molecule has 0 aromatic heterocycles. The van der Waals surface area contributed by atoms with Gasteiger partial charge in [-0.25, -0.2) is 0 Å². The Morgan fingerprint density at radius 3 is 2.70 bits per heavy atom. The van der Waals surface area contributed by atoms with Crippen LogP contribution < -0.4 is 10.1 Å². The van der Waals surface area contributed by atoms with E-state index in [2.05, 4.69) is 17.4 Å². The standard InChI is InChI=1S/C20H25NO2/c1-15(20(22)21-14-16-8-3-2-4-9-16)23-19-13-7-11-17-10-5-6-12-18(17)19/h5-7,10-13,15-16H,2-4,8-9,14H2,1H3,(H,21,22)/t15-/m0/s1. The van der Waals surface area contributed by atoms with Crippen molar-refractivity contribution in [3.8, 4) is 5.75 Å². The molecule has 1 atom stereocenters. The lowest BCUT2D eigenvalue weighted by atomic mass is 9.89. The van der Waals surface area contributed by atoms with Crippen LogP contribution >= 0.6 is 0 Å². The van der Waals surface area contributed by atoms with E-state index in [0.29, 0.717) is 5.92 Å². The van der Waals surface area contributed by atoms with Crippen LogP contribution in [-0.4, -0.2) is 18.6 Å². The van der Waals surface area contributed by atoms with Crippen LogP contribution in [0, 0.1) is 5.92 Å². The smallest absolute Gasteiger partial charge is 0.260 e. The maximum Gasteiger partial charge on any atom is 0.260 e. The number of hydrogen-bond acceptors (Lipinski definition) is 2. The number of nitrogens with one attached hydrogen (secondary N) is 1. The van der Waals surface area contributed by atoms with Crippen LogP contribution in [0.4, 0.5) is 0 Å². The molecule has 0 spiro atoms. The van der Waals surface area contributed by atoms with Gasteiger partial charge in [0, 0.05) is 11.9 Å². The van der Waals surface area contributed by atoms with Gasteiger partial charge in [-0.1, -0.05) is 55.7 Å². The molecule has 3 nitrogen and oxygen atoms in total. The van der Waals surface area contributed by atoms with E-state index in [-0.39, 0.29) is 5.91 Å². The van der Waals surface area contributed by atoms with E-state index in [1.807, 2.05) is 37.3 Å². The first-order valence-electron chi connectivity index (χ1n) is 8.66. The molecule has 3 rings (SSSR count). The van der Waals surface area contributed by atoms with Crippen LogP contribution in [0.3, 0.4) is 0 Å². The van der Waals surface area contributed by atoms with Crippen molar-refractivity contribution in [2.24, 2.45) is 5.92 Å². The Morgan fingerprint density at radius 1 is 1.13 bits per heavy atom. The Morgan fingerprint density at radius 2 is 1.87 bits per heavy atom. The number of amides is 1. The van der Waals surface area contributed by atoms with E-state index in [0.717, 1.165) is 23.1 Å². The van der Waals surface area contributed by atoms with Crippen LogP contribution in [-0.2, 0) is 4.79 Å². The fraction of sp³-hybridized carbons (Fsp3) is 0.450. The molecule has 23 heavy (non-hydrogen) atoms. The lowest BCUT2D eigenvalue weighted by Crippen LogP contribution is -2.39. The lowest BCUT2D eigenvalue weighted by Gasteiger charge is -2.23. The number of rotatable bonds is 5. The topological polar surface area (TPSA) is 38.3 Å². The van der Waals surface area contributed by atoms with Crippen molar-refractivity contribution in [2.75, 3.05) is 6.54 Å². The van der Waals surface area contributed by atoms with Gasteiger partial charge < -0.3 is 10.1 Å². The van der Waals surface area contributed by atoms with Crippen molar-refractivity contribution in [3.63, 3.8) is 0 Å². The predicted octanol–water partition coefficient (Wildman–Crippen LogP) is 4.30. The van der Waals surface area contributed by atoms with Crippen molar-refractivity contribution in [1.82, 2.24) is 5.32 Å². The van der Waals surface area contributed by atoms with Gasteiger partial charge >= 0.3 is 0 Å².